The molecule has 3 heterocycles. The first kappa shape index (κ1) is 24.8. The number of rotatable bonds is 10. The van der Waals surface area contributed by atoms with E-state index in [-0.39, 0.29) is 11.0 Å². The number of nitrogens with one attached hydrogen (secondary N) is 3. The molecule has 192 valence electrons. The van der Waals surface area contributed by atoms with Crippen molar-refractivity contribution < 1.29 is 18.0 Å². The average molecular weight is 534 g/mol. The monoisotopic (exact) mass is 533 g/mol. The maximum atomic E-state index is 13.5. The molecule has 0 amide bonds. The molecule has 0 fully saturated rings. The van der Waals surface area contributed by atoms with Gasteiger partial charge in [-0.05, 0) is 66.7 Å². The largest absolute Gasteiger partial charge is 0.497 e. The van der Waals surface area contributed by atoms with Gasteiger partial charge in [0.25, 0.3) is 0 Å². The SMILES string of the molecule is COc1ccc(Nc2nc(NCc3ccco3)nc(N/N=C\c3ccc(-c4ccc(F)c(Cl)c4)o3)n2)cc1. The molecular weight excluding hydrogens is 513 g/mol. The molecule has 10 nitrogen and oxygen atoms in total. The van der Waals surface area contributed by atoms with Gasteiger partial charge in [-0.25, -0.2) is 9.82 Å². The van der Waals surface area contributed by atoms with E-state index in [0.717, 1.165) is 17.2 Å². The predicted octanol–water partition coefficient (Wildman–Crippen LogP) is 6.33. The number of anilines is 4. The van der Waals surface area contributed by atoms with Crippen LogP contribution in [0, 0.1) is 5.82 Å². The van der Waals surface area contributed by atoms with E-state index in [0.29, 0.717) is 35.5 Å². The number of hydrazone groups is 1. The number of halogens is 2. The highest BCUT2D eigenvalue weighted by Gasteiger charge is 2.09. The summed E-state index contributed by atoms with van der Waals surface area (Å²) >= 11 is 5.87. The average Bonchev–Trinajstić information content (AvgIpc) is 3.62. The lowest BCUT2D eigenvalue weighted by Gasteiger charge is -2.10. The molecule has 3 aromatic heterocycles. The first-order chi connectivity index (χ1) is 18.6. The number of ether oxygens (including phenoxy) is 1. The van der Waals surface area contributed by atoms with Crippen molar-refractivity contribution in [1.29, 1.82) is 0 Å². The number of methoxy groups -OCH3 is 1. The van der Waals surface area contributed by atoms with Gasteiger partial charge in [0.15, 0.2) is 0 Å². The Kier molecular flexibility index (Phi) is 7.46. The molecule has 0 spiro atoms. The molecule has 3 N–H and O–H groups in total. The molecule has 0 saturated heterocycles. The van der Waals surface area contributed by atoms with Crippen LogP contribution in [0.2, 0.25) is 5.02 Å². The third kappa shape index (κ3) is 6.26. The van der Waals surface area contributed by atoms with Gasteiger partial charge in [-0.15, -0.1) is 0 Å². The molecular formula is C26H21ClFN7O3. The van der Waals surface area contributed by atoms with E-state index in [1.165, 1.54) is 18.3 Å². The molecule has 0 aliphatic carbocycles. The van der Waals surface area contributed by atoms with Gasteiger partial charge >= 0.3 is 0 Å². The number of nitrogens with zero attached hydrogens (tertiary/aromatic N) is 4. The Morgan fingerprint density at radius 3 is 2.58 bits per heavy atom. The zero-order chi connectivity index (χ0) is 26.3. The van der Waals surface area contributed by atoms with Crippen LogP contribution in [0.25, 0.3) is 11.3 Å². The highest BCUT2D eigenvalue weighted by Crippen LogP contribution is 2.26. The standard InChI is InChI=1S/C26H21ClFN7O3/c1-36-18-7-5-17(6-8-18)31-25-32-24(29-14-19-3-2-12-37-19)33-26(34-25)35-30-15-20-9-11-23(38-20)16-4-10-22(28)21(27)13-16/h2-13,15H,14H2,1H3,(H3,29,31,32,33,34,35)/b30-15-. The van der Waals surface area contributed by atoms with Crippen LogP contribution < -0.4 is 20.8 Å². The Labute approximate surface area is 221 Å². The van der Waals surface area contributed by atoms with E-state index in [4.69, 9.17) is 25.2 Å². The Morgan fingerprint density at radius 2 is 1.82 bits per heavy atom. The second kappa shape index (κ2) is 11.4. The second-order valence-corrected chi connectivity index (χ2v) is 8.20. The highest BCUT2D eigenvalue weighted by molar-refractivity contribution is 6.31. The summed E-state index contributed by atoms with van der Waals surface area (Å²) in [7, 11) is 1.60. The minimum Gasteiger partial charge on any atom is -0.497 e. The number of hydrogen-bond acceptors (Lipinski definition) is 10. The Morgan fingerprint density at radius 1 is 1.00 bits per heavy atom. The zero-order valence-electron chi connectivity index (χ0n) is 20.0. The summed E-state index contributed by atoms with van der Waals surface area (Å²) in [6.07, 6.45) is 3.05. The maximum Gasteiger partial charge on any atom is 0.250 e. The fourth-order valence-corrected chi connectivity index (χ4v) is 3.50. The topological polar surface area (TPSA) is 123 Å². The molecule has 5 rings (SSSR count). The van der Waals surface area contributed by atoms with Crippen LogP contribution in [0.3, 0.4) is 0 Å². The Balaban J connectivity index is 1.31. The summed E-state index contributed by atoms with van der Waals surface area (Å²) in [6, 6.07) is 18.8. The van der Waals surface area contributed by atoms with E-state index in [9.17, 15) is 4.39 Å². The van der Waals surface area contributed by atoms with E-state index in [2.05, 4.69) is 36.1 Å². The summed E-state index contributed by atoms with van der Waals surface area (Å²) < 4.78 is 29.8. The molecule has 0 bridgehead atoms. The van der Waals surface area contributed by atoms with Crippen molar-refractivity contribution >= 4 is 41.3 Å². The fraction of sp³-hybridized carbons (Fsp3) is 0.0769. The molecule has 5 aromatic rings. The lowest BCUT2D eigenvalue weighted by atomic mass is 10.2. The fourth-order valence-electron chi connectivity index (χ4n) is 3.32. The van der Waals surface area contributed by atoms with Gasteiger partial charge in [0.1, 0.15) is 28.8 Å². The van der Waals surface area contributed by atoms with Gasteiger partial charge in [-0.2, -0.15) is 20.1 Å². The minimum absolute atomic E-state index is 0.0149. The maximum absolute atomic E-state index is 13.5. The summed E-state index contributed by atoms with van der Waals surface area (Å²) in [4.78, 5) is 13.2. The van der Waals surface area contributed by atoms with Crippen molar-refractivity contribution in [2.45, 2.75) is 6.54 Å². The van der Waals surface area contributed by atoms with Crippen molar-refractivity contribution in [2.75, 3.05) is 23.2 Å². The molecule has 38 heavy (non-hydrogen) atoms. The van der Waals surface area contributed by atoms with E-state index >= 15 is 0 Å². The van der Waals surface area contributed by atoms with Crippen LogP contribution in [0.1, 0.15) is 11.5 Å². The molecule has 0 aliphatic heterocycles. The summed E-state index contributed by atoms with van der Waals surface area (Å²) in [5.41, 5.74) is 4.19. The van der Waals surface area contributed by atoms with Crippen LogP contribution in [0.15, 0.2) is 86.9 Å². The van der Waals surface area contributed by atoms with Gasteiger partial charge in [0, 0.05) is 11.3 Å². The van der Waals surface area contributed by atoms with Crippen molar-refractivity contribution in [3.8, 4) is 17.1 Å². The molecule has 0 atom stereocenters. The van der Waals surface area contributed by atoms with Gasteiger partial charge in [0.05, 0.1) is 31.2 Å². The first-order valence-corrected chi connectivity index (χ1v) is 11.7. The molecule has 0 radical (unpaired) electrons. The van der Waals surface area contributed by atoms with Crippen molar-refractivity contribution in [2.24, 2.45) is 5.10 Å². The smallest absolute Gasteiger partial charge is 0.250 e. The van der Waals surface area contributed by atoms with Gasteiger partial charge in [0.2, 0.25) is 17.8 Å². The second-order valence-electron chi connectivity index (χ2n) is 7.79. The van der Waals surface area contributed by atoms with Gasteiger partial charge < -0.3 is 24.2 Å². The summed E-state index contributed by atoms with van der Waals surface area (Å²) in [6.45, 7) is 0.379. The molecule has 2 aromatic carbocycles. The molecule has 12 heteroatoms. The van der Waals surface area contributed by atoms with E-state index < -0.39 is 5.82 Å². The van der Waals surface area contributed by atoms with E-state index in [1.807, 2.05) is 30.3 Å². The lowest BCUT2D eigenvalue weighted by molar-refractivity contribution is 0.415. The van der Waals surface area contributed by atoms with Crippen LogP contribution in [-0.2, 0) is 6.54 Å². The van der Waals surface area contributed by atoms with Crippen LogP contribution >= 0.6 is 11.6 Å². The Bertz CT molecular complexity index is 1540. The van der Waals surface area contributed by atoms with Gasteiger partial charge in [-0.3, -0.25) is 0 Å². The van der Waals surface area contributed by atoms with Crippen molar-refractivity contribution in [1.82, 2.24) is 15.0 Å². The highest BCUT2D eigenvalue weighted by atomic mass is 35.5. The number of furan rings is 2. The quantitative estimate of drug-likeness (QED) is 0.140. The number of aromatic nitrogens is 3. The zero-order valence-corrected chi connectivity index (χ0v) is 20.7. The molecule has 0 saturated carbocycles. The third-order valence-corrected chi connectivity index (χ3v) is 5.46. The Hall–Kier alpha value is -4.90. The predicted molar refractivity (Wildman–Crippen MR) is 142 cm³/mol. The van der Waals surface area contributed by atoms with Crippen LogP contribution in [0.4, 0.5) is 27.9 Å². The first-order valence-electron chi connectivity index (χ1n) is 11.3. The van der Waals surface area contributed by atoms with Crippen LogP contribution in [-0.4, -0.2) is 28.3 Å². The van der Waals surface area contributed by atoms with Gasteiger partial charge in [-0.1, -0.05) is 11.6 Å². The summed E-state index contributed by atoms with van der Waals surface area (Å²) in [5, 5.41) is 10.4. The van der Waals surface area contributed by atoms with Crippen LogP contribution in [0.5, 0.6) is 5.75 Å². The number of hydrogen-bond donors (Lipinski definition) is 3. The molecule has 0 unspecified atom stereocenters. The minimum atomic E-state index is -0.496. The van der Waals surface area contributed by atoms with E-state index in [1.54, 1.807) is 37.6 Å². The summed E-state index contributed by atoms with van der Waals surface area (Å²) in [5.74, 6) is 2.71. The lowest BCUT2D eigenvalue weighted by Crippen LogP contribution is -2.09. The van der Waals surface area contributed by atoms with Crippen molar-refractivity contribution in [3.05, 3.63) is 95.4 Å². The number of benzene rings is 2. The molecule has 0 aliphatic rings. The van der Waals surface area contributed by atoms with Crippen molar-refractivity contribution in [3.63, 3.8) is 0 Å². The third-order valence-electron chi connectivity index (χ3n) is 5.17. The normalized spacial score (nSPS) is 11.0.